The molecule has 7 heteroatoms. The van der Waals surface area contributed by atoms with Gasteiger partial charge in [0.15, 0.2) is 5.54 Å². The number of carbonyl (C=O) groups excluding carboxylic acids is 3. The second kappa shape index (κ2) is 8.51. The molecule has 3 atom stereocenters. The number of carbonyl (C=O) groups is 3. The lowest BCUT2D eigenvalue weighted by Crippen LogP contribution is -2.52. The van der Waals surface area contributed by atoms with E-state index in [-0.39, 0.29) is 24.7 Å². The van der Waals surface area contributed by atoms with Crippen molar-refractivity contribution >= 4 is 17.8 Å². The zero-order chi connectivity index (χ0) is 22.0. The minimum absolute atomic E-state index is 0.0858. The molecule has 0 saturated carbocycles. The molecular weight excluding hydrogens is 394 g/mol. The van der Waals surface area contributed by atoms with E-state index in [0.717, 1.165) is 10.5 Å². The molecule has 4 rings (SSSR count). The second-order valence-corrected chi connectivity index (χ2v) is 8.31. The van der Waals surface area contributed by atoms with Crippen LogP contribution in [0.2, 0.25) is 0 Å². The van der Waals surface area contributed by atoms with E-state index < -0.39 is 17.5 Å². The Morgan fingerprint density at radius 3 is 2.19 bits per heavy atom. The first-order valence-corrected chi connectivity index (χ1v) is 10.6. The van der Waals surface area contributed by atoms with Gasteiger partial charge in [0.25, 0.3) is 5.91 Å². The fraction of sp³-hybridized carbons (Fsp3) is 0.375. The highest BCUT2D eigenvalue weighted by Crippen LogP contribution is 2.33. The number of imide groups is 1. The standard InChI is InChI=1S/C24H27N3O4/c1-17-14-26(15-18(2)31-17)21(28)16-27-22(29)24(25-23(27)30,20-11-7-4-8-12-20)13-19-9-5-3-6-10-19/h3-12,17-18H,13-16H2,1-2H3,(H,25,30)/t17-,18+,24-/m0/s1. The van der Waals surface area contributed by atoms with E-state index in [4.69, 9.17) is 4.74 Å². The number of nitrogens with zero attached hydrogens (tertiary/aromatic N) is 2. The molecule has 0 bridgehead atoms. The van der Waals surface area contributed by atoms with E-state index in [0.29, 0.717) is 25.1 Å². The van der Waals surface area contributed by atoms with Crippen LogP contribution in [0.3, 0.4) is 0 Å². The zero-order valence-electron chi connectivity index (χ0n) is 17.8. The molecule has 7 nitrogen and oxygen atoms in total. The highest BCUT2D eigenvalue weighted by atomic mass is 16.5. The molecule has 162 valence electrons. The molecule has 2 heterocycles. The minimum atomic E-state index is -1.24. The van der Waals surface area contributed by atoms with E-state index in [1.165, 1.54) is 0 Å². The molecule has 1 N–H and O–H groups in total. The summed E-state index contributed by atoms with van der Waals surface area (Å²) in [6, 6.07) is 18.2. The van der Waals surface area contributed by atoms with Crippen LogP contribution in [0, 0.1) is 0 Å². The van der Waals surface area contributed by atoms with Crippen LogP contribution in [0.1, 0.15) is 25.0 Å². The van der Waals surface area contributed by atoms with E-state index in [9.17, 15) is 14.4 Å². The summed E-state index contributed by atoms with van der Waals surface area (Å²) in [6.45, 7) is 4.42. The lowest BCUT2D eigenvalue weighted by Gasteiger charge is -2.36. The van der Waals surface area contributed by atoms with Crippen LogP contribution < -0.4 is 5.32 Å². The normalized spacial score (nSPS) is 26.1. The predicted octanol–water partition coefficient (Wildman–Crippen LogP) is 2.31. The number of ether oxygens (including phenoxy) is 1. The Morgan fingerprint density at radius 2 is 1.58 bits per heavy atom. The van der Waals surface area contributed by atoms with Crippen LogP contribution >= 0.6 is 0 Å². The number of urea groups is 1. The van der Waals surface area contributed by atoms with Crippen molar-refractivity contribution in [1.82, 2.24) is 15.1 Å². The van der Waals surface area contributed by atoms with Crippen molar-refractivity contribution in [2.45, 2.75) is 38.0 Å². The zero-order valence-corrected chi connectivity index (χ0v) is 17.8. The Hall–Kier alpha value is -3.19. The van der Waals surface area contributed by atoms with Crippen LogP contribution in [0.5, 0.6) is 0 Å². The van der Waals surface area contributed by atoms with Crippen molar-refractivity contribution < 1.29 is 19.1 Å². The van der Waals surface area contributed by atoms with Gasteiger partial charge in [0.2, 0.25) is 5.91 Å². The summed E-state index contributed by atoms with van der Waals surface area (Å²) in [6.07, 6.45) is 0.133. The van der Waals surface area contributed by atoms with Crippen LogP contribution in [0.15, 0.2) is 60.7 Å². The van der Waals surface area contributed by atoms with Crippen molar-refractivity contribution in [2.75, 3.05) is 19.6 Å². The van der Waals surface area contributed by atoms with Crippen molar-refractivity contribution in [1.29, 1.82) is 0 Å². The van der Waals surface area contributed by atoms with Crippen LogP contribution in [0.4, 0.5) is 4.79 Å². The highest BCUT2D eigenvalue weighted by Gasteiger charge is 2.53. The Labute approximate surface area is 182 Å². The first-order valence-electron chi connectivity index (χ1n) is 10.6. The summed E-state index contributed by atoms with van der Waals surface area (Å²) in [5.41, 5.74) is 0.371. The van der Waals surface area contributed by atoms with Gasteiger partial charge in [-0.05, 0) is 25.0 Å². The number of morpholine rings is 1. The van der Waals surface area contributed by atoms with E-state index in [2.05, 4.69) is 5.32 Å². The third-order valence-electron chi connectivity index (χ3n) is 5.82. The summed E-state index contributed by atoms with van der Waals surface area (Å²) in [5, 5.41) is 2.90. The molecule has 4 amide bonds. The number of benzene rings is 2. The lowest BCUT2D eigenvalue weighted by molar-refractivity contribution is -0.146. The molecule has 0 spiro atoms. The van der Waals surface area contributed by atoms with Crippen molar-refractivity contribution in [3.63, 3.8) is 0 Å². The molecular formula is C24H27N3O4. The molecule has 0 unspecified atom stereocenters. The Morgan fingerprint density at radius 1 is 1.00 bits per heavy atom. The molecule has 2 fully saturated rings. The largest absolute Gasteiger partial charge is 0.372 e. The first kappa shape index (κ1) is 21.1. The van der Waals surface area contributed by atoms with Gasteiger partial charge in [-0.15, -0.1) is 0 Å². The van der Waals surface area contributed by atoms with Gasteiger partial charge in [-0.25, -0.2) is 4.79 Å². The molecule has 2 saturated heterocycles. The Kier molecular flexibility index (Phi) is 5.78. The molecule has 31 heavy (non-hydrogen) atoms. The van der Waals surface area contributed by atoms with Gasteiger partial charge < -0.3 is 15.0 Å². The topological polar surface area (TPSA) is 79.0 Å². The average Bonchev–Trinajstić information content (AvgIpc) is 2.99. The summed E-state index contributed by atoms with van der Waals surface area (Å²) in [4.78, 5) is 42.2. The molecule has 2 aliphatic rings. The molecule has 2 aliphatic heterocycles. The minimum Gasteiger partial charge on any atom is -0.372 e. The number of nitrogens with one attached hydrogen (secondary N) is 1. The Balaban J connectivity index is 1.61. The summed E-state index contributed by atoms with van der Waals surface area (Å²) in [5.74, 6) is -0.663. The monoisotopic (exact) mass is 421 g/mol. The van der Waals surface area contributed by atoms with Crippen molar-refractivity contribution in [3.8, 4) is 0 Å². The van der Waals surface area contributed by atoms with Crippen molar-refractivity contribution in [2.24, 2.45) is 0 Å². The van der Waals surface area contributed by atoms with E-state index in [1.807, 2.05) is 74.5 Å². The smallest absolute Gasteiger partial charge is 0.325 e. The second-order valence-electron chi connectivity index (χ2n) is 8.31. The lowest BCUT2D eigenvalue weighted by atomic mass is 9.83. The maximum atomic E-state index is 13.6. The quantitative estimate of drug-likeness (QED) is 0.752. The highest BCUT2D eigenvalue weighted by molar-refractivity contribution is 6.09. The van der Waals surface area contributed by atoms with Gasteiger partial charge in [-0.1, -0.05) is 60.7 Å². The molecule has 0 radical (unpaired) electrons. The number of amides is 4. The maximum absolute atomic E-state index is 13.6. The average molecular weight is 421 g/mol. The maximum Gasteiger partial charge on any atom is 0.325 e. The Bertz CT molecular complexity index is 955. The molecule has 2 aromatic carbocycles. The fourth-order valence-electron chi connectivity index (χ4n) is 4.43. The first-order chi connectivity index (χ1) is 14.9. The van der Waals surface area contributed by atoms with Gasteiger partial charge in [-0.2, -0.15) is 0 Å². The molecule has 0 aromatic heterocycles. The summed E-state index contributed by atoms with van der Waals surface area (Å²) in [7, 11) is 0. The summed E-state index contributed by atoms with van der Waals surface area (Å²) >= 11 is 0. The fourth-order valence-corrected chi connectivity index (χ4v) is 4.43. The van der Waals surface area contributed by atoms with Crippen LogP contribution in [-0.2, 0) is 26.3 Å². The predicted molar refractivity (Wildman–Crippen MR) is 115 cm³/mol. The van der Waals surface area contributed by atoms with Gasteiger partial charge in [0, 0.05) is 19.5 Å². The third kappa shape index (κ3) is 4.18. The number of hydrogen-bond acceptors (Lipinski definition) is 4. The van der Waals surface area contributed by atoms with Crippen LogP contribution in [0.25, 0.3) is 0 Å². The third-order valence-corrected chi connectivity index (χ3v) is 5.82. The van der Waals surface area contributed by atoms with Gasteiger partial charge in [-0.3, -0.25) is 14.5 Å². The van der Waals surface area contributed by atoms with E-state index in [1.54, 1.807) is 4.90 Å². The molecule has 0 aliphatic carbocycles. The number of rotatable bonds is 5. The van der Waals surface area contributed by atoms with Crippen molar-refractivity contribution in [3.05, 3.63) is 71.8 Å². The van der Waals surface area contributed by atoms with Crippen LogP contribution in [-0.4, -0.2) is 59.5 Å². The van der Waals surface area contributed by atoms with Gasteiger partial charge in [0.1, 0.15) is 6.54 Å². The molecule has 2 aromatic rings. The SMILES string of the molecule is C[C@@H]1CN(C(=O)CN2C(=O)N[C@@](Cc3ccccc3)(c3ccccc3)C2=O)C[C@H](C)O1. The van der Waals surface area contributed by atoms with Gasteiger partial charge in [0.05, 0.1) is 12.2 Å². The van der Waals surface area contributed by atoms with Gasteiger partial charge >= 0.3 is 6.03 Å². The van der Waals surface area contributed by atoms with E-state index >= 15 is 0 Å². The number of hydrogen-bond donors (Lipinski definition) is 1. The summed E-state index contributed by atoms with van der Waals surface area (Å²) < 4.78 is 5.68.